The molecule has 0 unspecified atom stereocenters. The van der Waals surface area contributed by atoms with Crippen LogP contribution >= 0.6 is 0 Å². The van der Waals surface area contributed by atoms with Crippen molar-refractivity contribution in [2.75, 3.05) is 7.11 Å². The van der Waals surface area contributed by atoms with Crippen LogP contribution in [0.15, 0.2) is 12.2 Å². The number of aliphatic hydroxyl groups excluding tert-OH is 1. The first-order chi connectivity index (χ1) is 18.3. The maximum Gasteiger partial charge on any atom is 0.311 e. The van der Waals surface area contributed by atoms with Crippen LogP contribution in [0.4, 0.5) is 0 Å². The molecule has 0 aromatic carbocycles. The molecule has 1 aliphatic rings. The molecule has 0 aliphatic carbocycles. The second-order valence-electron chi connectivity index (χ2n) is 13.8. The van der Waals surface area contributed by atoms with Gasteiger partial charge >= 0.3 is 5.97 Å². The topological polar surface area (TPSA) is 94.5 Å². The highest BCUT2D eigenvalue weighted by molar-refractivity contribution is 6.74. The lowest BCUT2D eigenvalue weighted by Crippen LogP contribution is -2.51. The summed E-state index contributed by atoms with van der Waals surface area (Å²) in [6.45, 7) is 24.7. The van der Waals surface area contributed by atoms with E-state index < -0.39 is 58.0 Å². The third-order valence-electron chi connectivity index (χ3n) is 10.00. The van der Waals surface area contributed by atoms with E-state index in [-0.39, 0.29) is 17.6 Å². The Morgan fingerprint density at radius 3 is 2.08 bits per heavy atom. The van der Waals surface area contributed by atoms with Gasteiger partial charge in [0.2, 0.25) is 0 Å². The second-order valence-corrected chi connectivity index (χ2v) is 23.3. The van der Waals surface area contributed by atoms with Crippen LogP contribution < -0.4 is 0 Å². The van der Waals surface area contributed by atoms with Gasteiger partial charge in [0.25, 0.3) is 0 Å². The monoisotopic (exact) mass is 602 g/mol. The summed E-state index contributed by atoms with van der Waals surface area (Å²) < 4.78 is 25.6. The summed E-state index contributed by atoms with van der Waals surface area (Å²) in [6.07, 6.45) is 3.12. The lowest BCUT2D eigenvalue weighted by Gasteiger charge is -2.43. The van der Waals surface area contributed by atoms with E-state index in [1.54, 1.807) is 27.0 Å². The fourth-order valence-electron chi connectivity index (χ4n) is 5.15. The highest BCUT2D eigenvalue weighted by atomic mass is 28.4. The van der Waals surface area contributed by atoms with E-state index in [1.165, 1.54) is 0 Å². The van der Waals surface area contributed by atoms with Gasteiger partial charge in [-0.15, -0.1) is 0 Å². The summed E-state index contributed by atoms with van der Waals surface area (Å²) in [4.78, 5) is 13.5. The summed E-state index contributed by atoms with van der Waals surface area (Å²) in [6, 6.07) is 3.01. The lowest BCUT2D eigenvalue weighted by molar-refractivity contribution is -0.169. The smallest absolute Gasteiger partial charge is 0.311 e. The molecule has 0 saturated carbocycles. The van der Waals surface area contributed by atoms with Crippen LogP contribution in [-0.4, -0.2) is 75.5 Å². The fraction of sp³-hybridized carbons (Fsp3) is 0.903. The quantitative estimate of drug-likeness (QED) is 0.167. The highest BCUT2D eigenvalue weighted by Gasteiger charge is 2.45. The van der Waals surface area contributed by atoms with Crippen molar-refractivity contribution in [3.63, 3.8) is 0 Å². The Morgan fingerprint density at radius 2 is 1.62 bits per heavy atom. The Kier molecular flexibility index (Phi) is 13.8. The van der Waals surface area contributed by atoms with Crippen molar-refractivity contribution in [1.29, 1.82) is 0 Å². The highest BCUT2D eigenvalue weighted by Crippen LogP contribution is 2.40. The number of carbonyl (C=O) groups is 1. The molecule has 0 aromatic heterocycles. The van der Waals surface area contributed by atoms with E-state index in [2.05, 4.69) is 54.6 Å². The minimum absolute atomic E-state index is 0.0789. The average Bonchev–Trinajstić information content (AvgIpc) is 2.88. The molecule has 0 radical (unpaired) electrons. The van der Waals surface area contributed by atoms with E-state index in [1.807, 2.05) is 19.9 Å². The van der Waals surface area contributed by atoms with Crippen molar-refractivity contribution in [2.24, 2.45) is 5.92 Å². The number of rotatable bonds is 9. The van der Waals surface area contributed by atoms with Crippen LogP contribution in [0, 0.1) is 5.92 Å². The van der Waals surface area contributed by atoms with Crippen molar-refractivity contribution >= 4 is 22.6 Å². The predicted molar refractivity (Wildman–Crippen MR) is 169 cm³/mol. The van der Waals surface area contributed by atoms with Crippen molar-refractivity contribution in [3.8, 4) is 0 Å². The molecule has 0 aromatic rings. The molecule has 236 valence electrons. The lowest BCUT2D eigenvalue weighted by atomic mass is 9.85. The summed E-state index contributed by atoms with van der Waals surface area (Å²) >= 11 is 0. The Labute approximate surface area is 247 Å². The summed E-state index contributed by atoms with van der Waals surface area (Å²) in [5.41, 5.74) is -2.24. The predicted octanol–water partition coefficient (Wildman–Crippen LogP) is 6.98. The number of carbonyl (C=O) groups excluding carboxylic acids is 1. The zero-order valence-corrected chi connectivity index (χ0v) is 29.9. The molecule has 9 heteroatoms. The molecule has 7 nitrogen and oxygen atoms in total. The Bertz CT molecular complexity index is 811. The normalized spacial score (nSPS) is 34.7. The van der Waals surface area contributed by atoms with E-state index in [9.17, 15) is 15.0 Å². The molecule has 1 rings (SSSR count). The minimum atomic E-state index is -2.30. The van der Waals surface area contributed by atoms with E-state index in [0.29, 0.717) is 19.3 Å². The molecule has 7 atom stereocenters. The van der Waals surface area contributed by atoms with E-state index >= 15 is 0 Å². The van der Waals surface area contributed by atoms with Gasteiger partial charge in [0, 0.05) is 13.5 Å². The second kappa shape index (κ2) is 14.8. The third-order valence-corrected chi connectivity index (χ3v) is 19.2. The fourth-order valence-corrected chi connectivity index (χ4v) is 9.40. The maximum absolute atomic E-state index is 13.5. The van der Waals surface area contributed by atoms with Crippen LogP contribution in [0.3, 0.4) is 0 Å². The number of cyclic esters (lactones) is 1. The molecular weight excluding hydrogens is 541 g/mol. The summed E-state index contributed by atoms with van der Waals surface area (Å²) in [7, 11) is -2.65. The zero-order chi connectivity index (χ0) is 31.2. The van der Waals surface area contributed by atoms with Crippen molar-refractivity contribution < 1.29 is 33.3 Å². The average molecular weight is 603 g/mol. The number of ether oxygens (including phenoxy) is 2. The van der Waals surface area contributed by atoms with Crippen LogP contribution in [0.1, 0.15) is 94.9 Å². The van der Waals surface area contributed by atoms with Crippen LogP contribution in [-0.2, 0) is 23.1 Å². The molecule has 0 amide bonds. The molecular formula is C31H62O7Si2. The Balaban J connectivity index is 3.62. The van der Waals surface area contributed by atoms with Gasteiger partial charge in [-0.1, -0.05) is 60.6 Å². The molecule has 40 heavy (non-hydrogen) atoms. The molecule has 2 N–H and O–H groups in total. The van der Waals surface area contributed by atoms with Gasteiger partial charge in [-0.25, -0.2) is 0 Å². The van der Waals surface area contributed by atoms with E-state index in [4.69, 9.17) is 18.3 Å². The molecule has 0 spiro atoms. The Hall–Kier alpha value is -0.556. The first-order valence-electron chi connectivity index (χ1n) is 15.5. The van der Waals surface area contributed by atoms with Gasteiger partial charge in [0.15, 0.2) is 16.6 Å². The molecule has 1 aliphatic heterocycles. The number of hydrogen-bond acceptors (Lipinski definition) is 7. The molecule has 0 fully saturated rings. The minimum Gasteiger partial charge on any atom is -0.459 e. The largest absolute Gasteiger partial charge is 0.459 e. The number of methoxy groups -OCH3 is 1. The van der Waals surface area contributed by atoms with Gasteiger partial charge in [-0.05, 0) is 76.3 Å². The van der Waals surface area contributed by atoms with Gasteiger partial charge in [0.1, 0.15) is 11.7 Å². The van der Waals surface area contributed by atoms with Gasteiger partial charge < -0.3 is 28.5 Å². The van der Waals surface area contributed by atoms with Crippen molar-refractivity contribution in [1.82, 2.24) is 0 Å². The standard InChI is InChI=1S/C31H62O7Si2/c1-14-27-30(9,34)20-18-24(37-40(15-2,16-3)17-4)19-21-31(10,35-11)26(32)22-25(23(5)28(33)36-27)38-39(12,13)29(6,7)8/h18,20,23-27,32,34H,14-17,19,21-22H2,1-13H3/b20-18+/t23-,24+,25+,26-,27-,30+,31-/m1/s1. The van der Waals surface area contributed by atoms with Crippen molar-refractivity contribution in [3.05, 3.63) is 12.2 Å². The first-order valence-corrected chi connectivity index (χ1v) is 20.9. The summed E-state index contributed by atoms with van der Waals surface area (Å²) in [5.74, 6) is -1.07. The van der Waals surface area contributed by atoms with Gasteiger partial charge in [-0.3, -0.25) is 4.79 Å². The molecule has 0 saturated heterocycles. The van der Waals surface area contributed by atoms with Crippen LogP contribution in [0.25, 0.3) is 0 Å². The van der Waals surface area contributed by atoms with Crippen molar-refractivity contribution in [2.45, 2.75) is 167 Å². The number of hydrogen-bond donors (Lipinski definition) is 2. The zero-order valence-electron chi connectivity index (χ0n) is 27.9. The number of esters is 1. The molecule has 1 heterocycles. The number of aliphatic hydroxyl groups is 2. The SMILES string of the molecule is CC[C@H]1OC(=O)[C@H](C)[C@@H](O[Si](C)(C)C(C)(C)C)C[C@@H](O)[C@](C)(OC)CC[C@@H](O[Si](CC)(CC)CC)/C=C/[C@]1(C)O. The van der Waals surface area contributed by atoms with E-state index in [0.717, 1.165) is 18.1 Å². The third kappa shape index (κ3) is 9.48. The van der Waals surface area contributed by atoms with Crippen LogP contribution in [0.5, 0.6) is 0 Å². The van der Waals surface area contributed by atoms with Gasteiger partial charge in [-0.2, -0.15) is 0 Å². The maximum atomic E-state index is 13.5. The van der Waals surface area contributed by atoms with Crippen LogP contribution in [0.2, 0.25) is 36.3 Å². The first kappa shape index (κ1) is 37.5. The molecule has 0 bridgehead atoms. The van der Waals surface area contributed by atoms with Gasteiger partial charge in [0.05, 0.1) is 29.8 Å². The summed E-state index contributed by atoms with van der Waals surface area (Å²) in [5, 5.41) is 23.0. The Morgan fingerprint density at radius 1 is 1.07 bits per heavy atom.